The number of fused-ring (bicyclic) bond motifs is 2. The summed E-state index contributed by atoms with van der Waals surface area (Å²) in [5, 5.41) is 12.3. The summed E-state index contributed by atoms with van der Waals surface area (Å²) < 4.78 is 5.63. The maximum Gasteiger partial charge on any atom is 0.123 e. The van der Waals surface area contributed by atoms with Crippen LogP contribution in [0.1, 0.15) is 38.8 Å². The van der Waals surface area contributed by atoms with E-state index in [2.05, 4.69) is 18.2 Å². The maximum absolute atomic E-state index is 10.3. The minimum atomic E-state index is 0.320. The predicted molar refractivity (Wildman–Crippen MR) is 108 cm³/mol. The van der Waals surface area contributed by atoms with Crippen LogP contribution in [0.3, 0.4) is 0 Å². The Kier molecular flexibility index (Phi) is 6.46. The van der Waals surface area contributed by atoms with Crippen molar-refractivity contribution in [1.29, 1.82) is 0 Å². The van der Waals surface area contributed by atoms with Crippen molar-refractivity contribution in [3.63, 3.8) is 0 Å². The van der Waals surface area contributed by atoms with Crippen LogP contribution in [0.15, 0.2) is 48.5 Å². The molecule has 1 aliphatic heterocycles. The van der Waals surface area contributed by atoms with Crippen molar-refractivity contribution in [2.75, 3.05) is 6.61 Å². The van der Waals surface area contributed by atoms with Crippen molar-refractivity contribution >= 4 is 10.8 Å². The zero-order chi connectivity index (χ0) is 18.4. The molecule has 0 atom stereocenters. The van der Waals surface area contributed by atoms with Crippen molar-refractivity contribution in [2.45, 2.75) is 41.0 Å². The standard InChI is InChI=1S/C19H16O2.2C2H6/c1-12-9-17(20)15-11-18-14(7-8-21-18)10-16(15)19(12)13-5-3-2-4-6-13;2*1-2/h2-6,9-11,20H,7-8H2,1H3;2*1-2H3. The molecule has 0 aliphatic carbocycles. The van der Waals surface area contributed by atoms with Crippen molar-refractivity contribution in [1.82, 2.24) is 0 Å². The lowest BCUT2D eigenvalue weighted by Gasteiger charge is -2.14. The van der Waals surface area contributed by atoms with E-state index in [1.165, 1.54) is 16.7 Å². The molecule has 3 aromatic carbocycles. The zero-order valence-corrected chi connectivity index (χ0v) is 15.9. The van der Waals surface area contributed by atoms with Crippen molar-refractivity contribution in [2.24, 2.45) is 0 Å². The number of aromatic hydroxyl groups is 1. The summed E-state index contributed by atoms with van der Waals surface area (Å²) >= 11 is 0. The highest BCUT2D eigenvalue weighted by Gasteiger charge is 2.18. The summed E-state index contributed by atoms with van der Waals surface area (Å²) in [6.07, 6.45) is 0.939. The van der Waals surface area contributed by atoms with Crippen LogP contribution in [-0.2, 0) is 6.42 Å². The molecule has 1 heterocycles. The van der Waals surface area contributed by atoms with Crippen LogP contribution in [0.2, 0.25) is 0 Å². The lowest BCUT2D eigenvalue weighted by atomic mass is 9.92. The Bertz CT molecular complexity index is 836. The number of ether oxygens (including phenoxy) is 1. The van der Waals surface area contributed by atoms with Gasteiger partial charge in [0.1, 0.15) is 11.5 Å². The van der Waals surface area contributed by atoms with Gasteiger partial charge in [-0.05, 0) is 52.8 Å². The van der Waals surface area contributed by atoms with E-state index >= 15 is 0 Å². The first-order valence-corrected chi connectivity index (χ1v) is 9.21. The smallest absolute Gasteiger partial charge is 0.123 e. The van der Waals surface area contributed by atoms with E-state index in [1.807, 2.05) is 65.0 Å². The monoisotopic (exact) mass is 336 g/mol. The van der Waals surface area contributed by atoms with E-state index in [0.29, 0.717) is 5.75 Å². The number of hydrogen-bond acceptors (Lipinski definition) is 2. The Hall–Kier alpha value is -2.48. The number of rotatable bonds is 1. The Morgan fingerprint density at radius 2 is 1.56 bits per heavy atom. The van der Waals surface area contributed by atoms with Crippen LogP contribution in [0, 0.1) is 6.92 Å². The number of aryl methyl sites for hydroxylation is 1. The Morgan fingerprint density at radius 3 is 2.24 bits per heavy atom. The third kappa shape index (κ3) is 3.63. The Balaban J connectivity index is 0.000000528. The Labute approximate surface area is 151 Å². The van der Waals surface area contributed by atoms with Crippen LogP contribution in [-0.4, -0.2) is 11.7 Å². The second-order valence-electron chi connectivity index (χ2n) is 5.56. The molecular formula is C23H28O2. The molecule has 1 N–H and O–H groups in total. The van der Waals surface area contributed by atoms with Crippen molar-refractivity contribution < 1.29 is 9.84 Å². The Morgan fingerprint density at radius 1 is 0.880 bits per heavy atom. The quantitative estimate of drug-likeness (QED) is 0.549. The van der Waals surface area contributed by atoms with Gasteiger partial charge in [-0.15, -0.1) is 0 Å². The fourth-order valence-corrected chi connectivity index (χ4v) is 3.20. The van der Waals surface area contributed by atoms with Gasteiger partial charge in [-0.3, -0.25) is 0 Å². The third-order valence-corrected chi connectivity index (χ3v) is 4.18. The minimum absolute atomic E-state index is 0.320. The fourth-order valence-electron chi connectivity index (χ4n) is 3.20. The molecule has 0 radical (unpaired) electrons. The van der Waals surface area contributed by atoms with Crippen LogP contribution >= 0.6 is 0 Å². The van der Waals surface area contributed by atoms with Gasteiger partial charge >= 0.3 is 0 Å². The molecule has 0 saturated heterocycles. The van der Waals surface area contributed by atoms with Gasteiger partial charge in [0.05, 0.1) is 6.61 Å². The molecule has 3 aromatic rings. The molecule has 0 aromatic heterocycles. The first-order chi connectivity index (χ1) is 12.2. The van der Waals surface area contributed by atoms with E-state index in [-0.39, 0.29) is 0 Å². The van der Waals surface area contributed by atoms with Gasteiger partial charge in [0.2, 0.25) is 0 Å². The second-order valence-corrected chi connectivity index (χ2v) is 5.56. The van der Waals surface area contributed by atoms with Gasteiger partial charge in [0.25, 0.3) is 0 Å². The lowest BCUT2D eigenvalue weighted by molar-refractivity contribution is 0.357. The topological polar surface area (TPSA) is 29.5 Å². The van der Waals surface area contributed by atoms with Gasteiger partial charge in [-0.2, -0.15) is 0 Å². The van der Waals surface area contributed by atoms with Gasteiger partial charge in [-0.1, -0.05) is 58.0 Å². The molecule has 0 bridgehead atoms. The molecule has 1 aliphatic rings. The molecule has 132 valence electrons. The van der Waals surface area contributed by atoms with E-state index in [4.69, 9.17) is 4.74 Å². The normalized spacial score (nSPS) is 11.6. The molecule has 2 heteroatoms. The van der Waals surface area contributed by atoms with Crippen molar-refractivity contribution in [3.05, 3.63) is 59.7 Å². The second kappa shape index (κ2) is 8.57. The molecule has 2 nitrogen and oxygen atoms in total. The molecule has 0 saturated carbocycles. The summed E-state index contributed by atoms with van der Waals surface area (Å²) in [5.41, 5.74) is 4.69. The van der Waals surface area contributed by atoms with Gasteiger partial charge in [0.15, 0.2) is 0 Å². The van der Waals surface area contributed by atoms with Crippen molar-refractivity contribution in [3.8, 4) is 22.6 Å². The molecule has 0 amide bonds. The van der Waals surface area contributed by atoms with Crippen LogP contribution in [0.4, 0.5) is 0 Å². The summed E-state index contributed by atoms with van der Waals surface area (Å²) in [7, 11) is 0. The largest absolute Gasteiger partial charge is 0.507 e. The number of phenols is 1. The highest BCUT2D eigenvalue weighted by Crippen LogP contribution is 2.41. The number of benzene rings is 3. The van der Waals surface area contributed by atoms with Crippen LogP contribution in [0.5, 0.6) is 11.5 Å². The van der Waals surface area contributed by atoms with Crippen LogP contribution < -0.4 is 4.74 Å². The SMILES string of the molecule is CC.CC.Cc1cc(O)c2cc3c(cc2c1-c1ccccc1)CCO3. The lowest BCUT2D eigenvalue weighted by Crippen LogP contribution is -1.89. The van der Waals surface area contributed by atoms with E-state index in [1.54, 1.807) is 0 Å². The first kappa shape index (κ1) is 18.9. The fraction of sp³-hybridized carbons (Fsp3) is 0.304. The average Bonchev–Trinajstić information content (AvgIpc) is 3.12. The first-order valence-electron chi connectivity index (χ1n) is 9.21. The molecule has 0 spiro atoms. The summed E-state index contributed by atoms with van der Waals surface area (Å²) in [4.78, 5) is 0. The summed E-state index contributed by atoms with van der Waals surface area (Å²) in [6.45, 7) is 10.8. The molecular weight excluding hydrogens is 308 g/mol. The van der Waals surface area contributed by atoms with Gasteiger partial charge < -0.3 is 9.84 Å². The average molecular weight is 336 g/mol. The molecule has 4 rings (SSSR count). The van der Waals surface area contributed by atoms with E-state index < -0.39 is 0 Å². The molecule has 0 unspecified atom stereocenters. The maximum atomic E-state index is 10.3. The van der Waals surface area contributed by atoms with Crippen LogP contribution in [0.25, 0.3) is 21.9 Å². The third-order valence-electron chi connectivity index (χ3n) is 4.18. The van der Waals surface area contributed by atoms with Gasteiger partial charge in [0, 0.05) is 11.8 Å². The predicted octanol–water partition coefficient (Wildman–Crippen LogP) is 6.51. The number of phenolic OH excluding ortho intramolecular Hbond substituents is 1. The highest BCUT2D eigenvalue weighted by atomic mass is 16.5. The van der Waals surface area contributed by atoms with E-state index in [9.17, 15) is 5.11 Å². The van der Waals surface area contributed by atoms with E-state index in [0.717, 1.165) is 35.1 Å². The zero-order valence-electron chi connectivity index (χ0n) is 15.9. The highest BCUT2D eigenvalue weighted by molar-refractivity contribution is 6.02. The number of hydrogen-bond donors (Lipinski definition) is 1. The molecule has 25 heavy (non-hydrogen) atoms. The summed E-state index contributed by atoms with van der Waals surface area (Å²) in [5.74, 6) is 1.22. The minimum Gasteiger partial charge on any atom is -0.507 e. The van der Waals surface area contributed by atoms with Gasteiger partial charge in [-0.25, -0.2) is 0 Å². The molecule has 0 fully saturated rings. The summed E-state index contributed by atoms with van der Waals surface area (Å²) in [6, 6.07) is 16.3.